The van der Waals surface area contributed by atoms with E-state index >= 15 is 0 Å². The minimum absolute atomic E-state index is 0.841. The van der Waals surface area contributed by atoms with Gasteiger partial charge in [-0.1, -0.05) is 12.1 Å². The zero-order valence-corrected chi connectivity index (χ0v) is 7.85. The molecule has 0 bridgehead atoms. The van der Waals surface area contributed by atoms with Crippen LogP contribution in [0.5, 0.6) is 0 Å². The van der Waals surface area contributed by atoms with Crippen molar-refractivity contribution in [2.24, 2.45) is 4.99 Å². The highest BCUT2D eigenvalue weighted by Gasteiger charge is 2.10. The van der Waals surface area contributed by atoms with Crippen LogP contribution in [-0.4, -0.2) is 6.21 Å². The Hall–Kier alpha value is -0.630. The van der Waals surface area contributed by atoms with Gasteiger partial charge in [-0.25, -0.2) is 0 Å². The van der Waals surface area contributed by atoms with Crippen molar-refractivity contribution in [3.63, 3.8) is 0 Å². The topological polar surface area (TPSA) is 12.4 Å². The van der Waals surface area contributed by atoms with E-state index in [1.165, 1.54) is 21.2 Å². The van der Waals surface area contributed by atoms with E-state index in [0.717, 1.165) is 6.54 Å². The Morgan fingerprint density at radius 3 is 3.09 bits per heavy atom. The van der Waals surface area contributed by atoms with E-state index < -0.39 is 0 Å². The summed E-state index contributed by atoms with van der Waals surface area (Å²) in [6, 6.07) is 4.26. The van der Waals surface area contributed by atoms with Crippen LogP contribution in [0, 0.1) is 6.92 Å². The van der Waals surface area contributed by atoms with E-state index in [4.69, 9.17) is 0 Å². The third kappa shape index (κ3) is 1.02. The van der Waals surface area contributed by atoms with Gasteiger partial charge >= 0.3 is 0 Å². The SMILES string of the molecule is Cc1ccc2c(c1Br)C=NC2. The molecule has 0 radical (unpaired) electrons. The normalized spacial score (nSPS) is 13.6. The van der Waals surface area contributed by atoms with Crippen molar-refractivity contribution >= 4 is 22.1 Å². The highest BCUT2D eigenvalue weighted by molar-refractivity contribution is 9.10. The second-order valence-corrected chi connectivity index (χ2v) is 3.53. The Kier molecular flexibility index (Phi) is 1.57. The largest absolute Gasteiger partial charge is 0.288 e. The van der Waals surface area contributed by atoms with Gasteiger partial charge in [0.25, 0.3) is 0 Å². The fourth-order valence-electron chi connectivity index (χ4n) is 1.25. The molecular weight excluding hydrogens is 202 g/mol. The van der Waals surface area contributed by atoms with Crippen LogP contribution >= 0.6 is 15.9 Å². The number of halogens is 1. The van der Waals surface area contributed by atoms with Gasteiger partial charge in [0.1, 0.15) is 0 Å². The maximum absolute atomic E-state index is 4.20. The molecular formula is C9H8BrN. The zero-order valence-electron chi connectivity index (χ0n) is 6.26. The lowest BCUT2D eigenvalue weighted by atomic mass is 10.1. The standard InChI is InChI=1S/C9H8BrN/c1-6-2-3-7-4-11-5-8(7)9(6)10/h2-3,5H,4H2,1H3. The molecule has 0 spiro atoms. The summed E-state index contributed by atoms with van der Waals surface area (Å²) in [7, 11) is 0. The van der Waals surface area contributed by atoms with Gasteiger partial charge in [0.05, 0.1) is 6.54 Å². The molecule has 0 N–H and O–H groups in total. The third-order valence-electron chi connectivity index (χ3n) is 1.95. The van der Waals surface area contributed by atoms with Crippen LogP contribution in [0.3, 0.4) is 0 Å². The van der Waals surface area contributed by atoms with Gasteiger partial charge in [0.15, 0.2) is 0 Å². The number of aryl methyl sites for hydroxylation is 1. The maximum Gasteiger partial charge on any atom is 0.0646 e. The molecule has 1 aromatic rings. The first-order valence-corrected chi connectivity index (χ1v) is 4.36. The van der Waals surface area contributed by atoms with E-state index in [-0.39, 0.29) is 0 Å². The lowest BCUT2D eigenvalue weighted by Gasteiger charge is -2.02. The molecule has 0 unspecified atom stereocenters. The number of aliphatic imine (C=N–C) groups is 1. The summed E-state index contributed by atoms with van der Waals surface area (Å²) >= 11 is 3.54. The van der Waals surface area contributed by atoms with Crippen LogP contribution in [0.15, 0.2) is 21.6 Å². The monoisotopic (exact) mass is 209 g/mol. The lowest BCUT2D eigenvalue weighted by Crippen LogP contribution is -1.87. The first kappa shape index (κ1) is 7.04. The second kappa shape index (κ2) is 2.45. The van der Waals surface area contributed by atoms with Gasteiger partial charge in [0, 0.05) is 16.3 Å². The number of fused-ring (bicyclic) bond motifs is 1. The summed E-state index contributed by atoms with van der Waals surface area (Å²) in [5.74, 6) is 0. The van der Waals surface area contributed by atoms with E-state index in [1.54, 1.807) is 0 Å². The maximum atomic E-state index is 4.20. The predicted octanol–water partition coefficient (Wildman–Crippen LogP) is 2.69. The summed E-state index contributed by atoms with van der Waals surface area (Å²) < 4.78 is 1.19. The molecule has 0 saturated heterocycles. The smallest absolute Gasteiger partial charge is 0.0646 e. The molecule has 2 rings (SSSR count). The van der Waals surface area contributed by atoms with Crippen LogP contribution in [0.4, 0.5) is 0 Å². The highest BCUT2D eigenvalue weighted by Crippen LogP contribution is 2.26. The van der Waals surface area contributed by atoms with Crippen molar-refractivity contribution in [2.75, 3.05) is 0 Å². The van der Waals surface area contributed by atoms with Crippen LogP contribution in [0.2, 0.25) is 0 Å². The quantitative estimate of drug-likeness (QED) is 0.624. The highest BCUT2D eigenvalue weighted by atomic mass is 79.9. The molecule has 1 aliphatic heterocycles. The molecule has 11 heavy (non-hydrogen) atoms. The van der Waals surface area contributed by atoms with Crippen LogP contribution in [-0.2, 0) is 6.54 Å². The molecule has 2 heteroatoms. The van der Waals surface area contributed by atoms with Crippen molar-refractivity contribution in [2.45, 2.75) is 13.5 Å². The minimum atomic E-state index is 0.841. The van der Waals surface area contributed by atoms with Crippen molar-refractivity contribution in [3.8, 4) is 0 Å². The van der Waals surface area contributed by atoms with Crippen molar-refractivity contribution in [1.29, 1.82) is 0 Å². The number of hydrogen-bond donors (Lipinski definition) is 0. The summed E-state index contributed by atoms with van der Waals surface area (Å²) in [4.78, 5) is 4.20. The summed E-state index contributed by atoms with van der Waals surface area (Å²) in [5.41, 5.74) is 3.85. The van der Waals surface area contributed by atoms with Crippen LogP contribution in [0.25, 0.3) is 0 Å². The van der Waals surface area contributed by atoms with Crippen LogP contribution in [0.1, 0.15) is 16.7 Å². The molecule has 0 fully saturated rings. The second-order valence-electron chi connectivity index (χ2n) is 2.74. The molecule has 0 aliphatic carbocycles. The number of hydrogen-bond acceptors (Lipinski definition) is 1. The lowest BCUT2D eigenvalue weighted by molar-refractivity contribution is 1.11. The van der Waals surface area contributed by atoms with Crippen molar-refractivity contribution < 1.29 is 0 Å². The van der Waals surface area contributed by atoms with E-state index in [1.807, 2.05) is 6.21 Å². The molecule has 1 heterocycles. The number of benzene rings is 1. The Morgan fingerprint density at radius 1 is 1.45 bits per heavy atom. The van der Waals surface area contributed by atoms with E-state index in [2.05, 4.69) is 40.0 Å². The van der Waals surface area contributed by atoms with Gasteiger partial charge in [-0.3, -0.25) is 4.99 Å². The molecule has 1 aliphatic rings. The van der Waals surface area contributed by atoms with Gasteiger partial charge in [0.2, 0.25) is 0 Å². The van der Waals surface area contributed by atoms with Gasteiger partial charge in [-0.15, -0.1) is 0 Å². The fourth-order valence-corrected chi connectivity index (χ4v) is 1.74. The van der Waals surface area contributed by atoms with Gasteiger partial charge in [-0.2, -0.15) is 0 Å². The predicted molar refractivity (Wildman–Crippen MR) is 50.2 cm³/mol. The first-order valence-electron chi connectivity index (χ1n) is 3.57. The molecule has 1 nitrogen and oxygen atoms in total. The fraction of sp³-hybridized carbons (Fsp3) is 0.222. The van der Waals surface area contributed by atoms with Gasteiger partial charge in [-0.05, 0) is 34.0 Å². The molecule has 0 aromatic heterocycles. The zero-order chi connectivity index (χ0) is 7.84. The molecule has 0 atom stereocenters. The number of nitrogens with zero attached hydrogens (tertiary/aromatic N) is 1. The summed E-state index contributed by atoms with van der Waals surface area (Å²) in [5, 5.41) is 0. The third-order valence-corrected chi connectivity index (χ3v) is 3.00. The summed E-state index contributed by atoms with van der Waals surface area (Å²) in [6.45, 7) is 2.94. The van der Waals surface area contributed by atoms with E-state index in [0.29, 0.717) is 0 Å². The molecule has 56 valence electrons. The van der Waals surface area contributed by atoms with Gasteiger partial charge < -0.3 is 0 Å². The first-order chi connectivity index (χ1) is 5.29. The van der Waals surface area contributed by atoms with Crippen molar-refractivity contribution in [3.05, 3.63) is 33.3 Å². The molecule has 1 aromatic carbocycles. The molecule has 0 amide bonds. The minimum Gasteiger partial charge on any atom is -0.288 e. The summed E-state index contributed by atoms with van der Waals surface area (Å²) in [6.07, 6.45) is 1.94. The Bertz CT molecular complexity index is 329. The average molecular weight is 210 g/mol. The Labute approximate surface area is 74.3 Å². The number of rotatable bonds is 0. The van der Waals surface area contributed by atoms with Crippen molar-refractivity contribution in [1.82, 2.24) is 0 Å². The molecule has 0 saturated carbocycles. The average Bonchev–Trinajstić information content (AvgIpc) is 2.45. The Balaban J connectivity index is 2.70. The van der Waals surface area contributed by atoms with Crippen LogP contribution < -0.4 is 0 Å². The van der Waals surface area contributed by atoms with E-state index in [9.17, 15) is 0 Å². The Morgan fingerprint density at radius 2 is 2.27 bits per heavy atom.